The lowest BCUT2D eigenvalue weighted by Gasteiger charge is -2.36. The summed E-state index contributed by atoms with van der Waals surface area (Å²) in [5.41, 5.74) is 0.223. The van der Waals surface area contributed by atoms with E-state index in [0.29, 0.717) is 45.1 Å². The van der Waals surface area contributed by atoms with Crippen molar-refractivity contribution in [3.63, 3.8) is 0 Å². The van der Waals surface area contributed by atoms with Crippen LogP contribution in [-0.2, 0) is 17.5 Å². The minimum atomic E-state index is -4.38. The Kier molecular flexibility index (Phi) is 7.52. The lowest BCUT2D eigenvalue weighted by Crippen LogP contribution is -2.49. The molecule has 2 aromatic rings. The molecule has 1 atom stereocenters. The van der Waals surface area contributed by atoms with Gasteiger partial charge in [0.2, 0.25) is 0 Å². The largest absolute Gasteiger partial charge is 0.497 e. The van der Waals surface area contributed by atoms with Gasteiger partial charge in [-0.2, -0.15) is 13.2 Å². The topological polar surface area (TPSA) is 58.1 Å². The van der Waals surface area contributed by atoms with E-state index in [9.17, 15) is 18.3 Å². The third kappa shape index (κ3) is 6.32. The van der Waals surface area contributed by atoms with Crippen LogP contribution in [0.15, 0.2) is 42.6 Å². The molecule has 9 heteroatoms. The lowest BCUT2D eigenvalue weighted by molar-refractivity contribution is -0.137. The molecule has 0 saturated carbocycles. The second kappa shape index (κ2) is 10.1. The molecule has 0 bridgehead atoms. The van der Waals surface area contributed by atoms with Crippen molar-refractivity contribution >= 4 is 5.82 Å². The van der Waals surface area contributed by atoms with Gasteiger partial charge >= 0.3 is 6.18 Å². The Labute approximate surface area is 173 Å². The van der Waals surface area contributed by atoms with Gasteiger partial charge in [0.25, 0.3) is 0 Å². The van der Waals surface area contributed by atoms with E-state index >= 15 is 0 Å². The monoisotopic (exact) mass is 425 g/mol. The Morgan fingerprint density at radius 2 is 1.90 bits per heavy atom. The van der Waals surface area contributed by atoms with Crippen LogP contribution in [0.4, 0.5) is 19.0 Å². The zero-order chi connectivity index (χ0) is 21.6. The van der Waals surface area contributed by atoms with Crippen molar-refractivity contribution < 1.29 is 27.8 Å². The number of methoxy groups -OCH3 is 1. The number of aliphatic hydroxyl groups excluding tert-OH is 1. The predicted molar refractivity (Wildman–Crippen MR) is 107 cm³/mol. The minimum Gasteiger partial charge on any atom is -0.497 e. The summed E-state index contributed by atoms with van der Waals surface area (Å²) in [7, 11) is 1.61. The number of ether oxygens (including phenoxy) is 2. The van der Waals surface area contributed by atoms with Crippen LogP contribution in [0.25, 0.3) is 0 Å². The van der Waals surface area contributed by atoms with Gasteiger partial charge in [-0.1, -0.05) is 12.1 Å². The van der Waals surface area contributed by atoms with Crippen LogP contribution in [0.3, 0.4) is 0 Å². The Bertz CT molecular complexity index is 794. The number of aromatic nitrogens is 1. The zero-order valence-electron chi connectivity index (χ0n) is 16.8. The summed E-state index contributed by atoms with van der Waals surface area (Å²) < 4.78 is 48.7. The van der Waals surface area contributed by atoms with E-state index in [-0.39, 0.29) is 6.61 Å². The first-order chi connectivity index (χ1) is 14.3. The summed E-state index contributed by atoms with van der Waals surface area (Å²) in [6.07, 6.45) is -4.13. The van der Waals surface area contributed by atoms with Gasteiger partial charge < -0.3 is 19.5 Å². The van der Waals surface area contributed by atoms with Crippen LogP contribution >= 0.6 is 0 Å². The van der Waals surface area contributed by atoms with Crippen LogP contribution in [0.5, 0.6) is 5.75 Å². The number of hydrogen-bond donors (Lipinski definition) is 1. The van der Waals surface area contributed by atoms with Gasteiger partial charge in [-0.15, -0.1) is 0 Å². The van der Waals surface area contributed by atoms with Gasteiger partial charge in [-0.05, 0) is 29.8 Å². The third-order valence-corrected chi connectivity index (χ3v) is 4.95. The van der Waals surface area contributed by atoms with Crippen molar-refractivity contribution in [1.82, 2.24) is 9.88 Å². The number of rotatable bonds is 8. The number of hydrogen-bond acceptors (Lipinski definition) is 6. The first-order valence-electron chi connectivity index (χ1n) is 9.74. The van der Waals surface area contributed by atoms with E-state index in [1.54, 1.807) is 7.11 Å². The maximum atomic E-state index is 12.7. The molecule has 1 aromatic heterocycles. The van der Waals surface area contributed by atoms with E-state index in [1.807, 2.05) is 29.2 Å². The van der Waals surface area contributed by atoms with Crippen LogP contribution in [-0.4, -0.2) is 67.5 Å². The minimum absolute atomic E-state index is 0.220. The highest BCUT2D eigenvalue weighted by atomic mass is 19.4. The molecule has 1 unspecified atom stereocenters. The molecule has 6 nitrogen and oxygen atoms in total. The van der Waals surface area contributed by atoms with Crippen LogP contribution in [0.1, 0.15) is 11.1 Å². The molecule has 1 aliphatic rings. The van der Waals surface area contributed by atoms with Crippen LogP contribution < -0.4 is 9.64 Å². The maximum Gasteiger partial charge on any atom is 0.417 e. The van der Waals surface area contributed by atoms with Gasteiger partial charge in [-0.3, -0.25) is 4.90 Å². The van der Waals surface area contributed by atoms with E-state index < -0.39 is 17.8 Å². The molecule has 164 valence electrons. The molecule has 0 amide bonds. The Hall–Kier alpha value is -2.36. The first kappa shape index (κ1) is 22.3. The van der Waals surface area contributed by atoms with Crippen molar-refractivity contribution in [2.45, 2.75) is 18.9 Å². The molecule has 1 saturated heterocycles. The van der Waals surface area contributed by atoms with E-state index in [4.69, 9.17) is 9.47 Å². The van der Waals surface area contributed by atoms with Crippen molar-refractivity contribution in [3.8, 4) is 5.75 Å². The number of nitrogens with zero attached hydrogens (tertiary/aromatic N) is 3. The molecule has 1 aromatic carbocycles. The molecular weight excluding hydrogens is 399 g/mol. The highest BCUT2D eigenvalue weighted by Gasteiger charge is 2.31. The third-order valence-electron chi connectivity index (χ3n) is 4.95. The molecule has 1 N–H and O–H groups in total. The summed E-state index contributed by atoms with van der Waals surface area (Å²) >= 11 is 0. The predicted octanol–water partition coefficient (Wildman–Crippen LogP) is 2.81. The number of aliphatic hydroxyl groups is 1. The Balaban J connectivity index is 1.38. The summed E-state index contributed by atoms with van der Waals surface area (Å²) in [6.45, 7) is 3.74. The molecule has 0 spiro atoms. The molecule has 1 aliphatic heterocycles. The molecule has 3 rings (SSSR count). The van der Waals surface area contributed by atoms with E-state index in [2.05, 4.69) is 9.88 Å². The van der Waals surface area contributed by atoms with Crippen LogP contribution in [0.2, 0.25) is 0 Å². The van der Waals surface area contributed by atoms with Gasteiger partial charge in [0.15, 0.2) is 0 Å². The molecule has 2 heterocycles. The molecular formula is C21H26F3N3O3. The fraction of sp³-hybridized carbons (Fsp3) is 0.476. The van der Waals surface area contributed by atoms with Crippen molar-refractivity contribution in [1.29, 1.82) is 0 Å². The number of halogens is 3. The average molecular weight is 425 g/mol. The molecule has 1 fully saturated rings. The second-order valence-electron chi connectivity index (χ2n) is 7.21. The fourth-order valence-electron chi connectivity index (χ4n) is 3.33. The standard InChI is InChI=1S/C21H26F3N3O3/c1-29-19-4-2-3-16(11-19)14-30-15-18(28)13-26-7-9-27(10-8-26)20-6-5-17(12-25-20)21(22,23)24/h2-6,11-12,18,28H,7-10,13-15H2,1H3. The van der Waals surface area contributed by atoms with Gasteiger partial charge in [-0.25, -0.2) is 4.98 Å². The van der Waals surface area contributed by atoms with Gasteiger partial charge in [0.1, 0.15) is 11.6 Å². The number of benzene rings is 1. The highest BCUT2D eigenvalue weighted by molar-refractivity contribution is 5.40. The van der Waals surface area contributed by atoms with Crippen molar-refractivity contribution in [2.24, 2.45) is 0 Å². The van der Waals surface area contributed by atoms with Crippen molar-refractivity contribution in [3.05, 3.63) is 53.7 Å². The zero-order valence-corrected chi connectivity index (χ0v) is 16.8. The SMILES string of the molecule is COc1cccc(COCC(O)CN2CCN(c3ccc(C(F)(F)F)cn3)CC2)c1. The van der Waals surface area contributed by atoms with Gasteiger partial charge in [0.05, 0.1) is 32.0 Å². The van der Waals surface area contributed by atoms with Crippen molar-refractivity contribution in [2.75, 3.05) is 51.3 Å². The first-order valence-corrected chi connectivity index (χ1v) is 9.74. The number of β-amino-alcohol motifs (C(OH)–C–C–N with tert-alkyl or cyclic N) is 1. The number of piperazine rings is 1. The molecule has 0 radical (unpaired) electrons. The summed E-state index contributed by atoms with van der Waals surface area (Å²) in [4.78, 5) is 8.00. The smallest absolute Gasteiger partial charge is 0.417 e. The normalized spacial score (nSPS) is 16.5. The number of pyridine rings is 1. The Morgan fingerprint density at radius 1 is 1.13 bits per heavy atom. The second-order valence-corrected chi connectivity index (χ2v) is 7.21. The quantitative estimate of drug-likeness (QED) is 0.702. The molecule has 0 aliphatic carbocycles. The maximum absolute atomic E-state index is 12.7. The van der Waals surface area contributed by atoms with E-state index in [1.165, 1.54) is 6.07 Å². The van der Waals surface area contributed by atoms with Crippen LogP contribution in [0, 0.1) is 0 Å². The molecule has 30 heavy (non-hydrogen) atoms. The summed E-state index contributed by atoms with van der Waals surface area (Å²) in [5.74, 6) is 1.29. The Morgan fingerprint density at radius 3 is 2.53 bits per heavy atom. The fourth-order valence-corrected chi connectivity index (χ4v) is 3.33. The number of anilines is 1. The highest BCUT2D eigenvalue weighted by Crippen LogP contribution is 2.29. The van der Waals surface area contributed by atoms with E-state index in [0.717, 1.165) is 23.6 Å². The average Bonchev–Trinajstić information content (AvgIpc) is 2.74. The number of alkyl halides is 3. The summed E-state index contributed by atoms with van der Waals surface area (Å²) in [5, 5.41) is 10.2. The van der Waals surface area contributed by atoms with Gasteiger partial charge in [0, 0.05) is 38.9 Å². The summed E-state index contributed by atoms with van der Waals surface area (Å²) in [6, 6.07) is 10.0. The lowest BCUT2D eigenvalue weighted by atomic mass is 10.2.